The van der Waals surface area contributed by atoms with E-state index in [9.17, 15) is 0 Å². The molecule has 0 aliphatic carbocycles. The van der Waals surface area contributed by atoms with Gasteiger partial charge >= 0.3 is 0 Å². The highest BCUT2D eigenvalue weighted by molar-refractivity contribution is 9.25. The molecule has 12 heavy (non-hydrogen) atoms. The zero-order valence-corrected chi connectivity index (χ0v) is 11.4. The third kappa shape index (κ3) is 2.21. The predicted molar refractivity (Wildman–Crippen MR) is 65.2 cm³/mol. The Morgan fingerprint density at radius 1 is 1.08 bits per heavy atom. The summed E-state index contributed by atoms with van der Waals surface area (Å²) in [4.78, 5) is 0. The zero-order chi connectivity index (χ0) is 9.19. The first-order valence-electron chi connectivity index (χ1n) is 3.89. The van der Waals surface area contributed by atoms with Gasteiger partial charge in [-0.05, 0) is 0 Å². The molecule has 0 bridgehead atoms. The van der Waals surface area contributed by atoms with E-state index in [-0.39, 0.29) is 0 Å². The predicted octanol–water partition coefficient (Wildman–Crippen LogP) is 3.26. The van der Waals surface area contributed by atoms with Crippen LogP contribution in [0.15, 0.2) is 30.3 Å². The molecule has 0 N–H and O–H groups in total. The van der Waals surface area contributed by atoms with Crippen LogP contribution in [0.1, 0.15) is 0 Å². The summed E-state index contributed by atoms with van der Waals surface area (Å²) in [5.41, 5.74) is 0. The maximum atomic E-state index is 3.61. The summed E-state index contributed by atoms with van der Waals surface area (Å²) in [7, 11) is -1.32. The molecule has 0 saturated heterocycles. The lowest BCUT2D eigenvalue weighted by Gasteiger charge is -2.24. The molecule has 0 fully saturated rings. The van der Waals surface area contributed by atoms with E-state index >= 15 is 0 Å². The molecule has 1 aromatic carbocycles. The van der Waals surface area contributed by atoms with Gasteiger partial charge in [-0.2, -0.15) is 0 Å². The van der Waals surface area contributed by atoms with Gasteiger partial charge in [0, 0.05) is 0 Å². The van der Waals surface area contributed by atoms with Crippen LogP contribution in [0.3, 0.4) is 0 Å². The second-order valence-electron chi connectivity index (χ2n) is 3.39. The van der Waals surface area contributed by atoms with Crippen molar-refractivity contribution in [2.75, 3.05) is 0 Å². The van der Waals surface area contributed by atoms with Crippen LogP contribution in [-0.2, 0) is 0 Å². The summed E-state index contributed by atoms with van der Waals surface area (Å²) in [6, 6.07) is 10.7. The lowest BCUT2D eigenvalue weighted by atomic mass is 10.4. The van der Waals surface area contributed by atoms with Crippen molar-refractivity contribution in [3.05, 3.63) is 30.3 Å². The van der Waals surface area contributed by atoms with Crippen molar-refractivity contribution in [1.29, 1.82) is 0 Å². The lowest BCUT2D eigenvalue weighted by Crippen LogP contribution is -2.47. The van der Waals surface area contributed by atoms with Crippen LogP contribution in [0.4, 0.5) is 0 Å². The number of hydrogen-bond acceptors (Lipinski definition) is 0. The van der Waals surface area contributed by atoms with Crippen LogP contribution >= 0.6 is 31.9 Å². The summed E-state index contributed by atoms with van der Waals surface area (Å²) in [5.74, 6) is 0. The molecule has 0 aliphatic heterocycles. The van der Waals surface area contributed by atoms with Gasteiger partial charge in [-0.25, -0.2) is 0 Å². The van der Waals surface area contributed by atoms with Crippen molar-refractivity contribution < 1.29 is 0 Å². The van der Waals surface area contributed by atoms with Gasteiger partial charge < -0.3 is 0 Å². The molecule has 0 amide bonds. The molecule has 0 heterocycles. The second-order valence-corrected chi connectivity index (χ2v) is 12.7. The van der Waals surface area contributed by atoms with Gasteiger partial charge in [0.15, 0.2) is 0 Å². The first-order valence-corrected chi connectivity index (χ1v) is 8.79. The smallest absolute Gasteiger partial charge is 0.0798 e. The Kier molecular flexibility index (Phi) is 3.55. The zero-order valence-electron chi connectivity index (χ0n) is 7.22. The molecule has 0 atom stereocenters. The number of hydrogen-bond donors (Lipinski definition) is 0. The molecule has 1 rings (SSSR count). The van der Waals surface area contributed by atoms with E-state index < -0.39 is 8.07 Å². The van der Waals surface area contributed by atoms with Crippen LogP contribution in [0.5, 0.6) is 0 Å². The highest BCUT2D eigenvalue weighted by Crippen LogP contribution is 2.21. The third-order valence-corrected chi connectivity index (χ3v) is 11.8. The number of halogens is 2. The van der Waals surface area contributed by atoms with E-state index in [1.165, 1.54) is 5.19 Å². The van der Waals surface area contributed by atoms with Crippen molar-refractivity contribution in [3.63, 3.8) is 0 Å². The van der Waals surface area contributed by atoms with Crippen molar-refractivity contribution in [2.24, 2.45) is 0 Å². The standard InChI is InChI=1S/C9H12Br2Si/c1-12(2,9(10)11)8-6-4-3-5-7-8/h3-7,9H,1-2H3. The van der Waals surface area contributed by atoms with Gasteiger partial charge in [0.25, 0.3) is 0 Å². The van der Waals surface area contributed by atoms with Crippen LogP contribution in [0, 0.1) is 0 Å². The Hall–Kier alpha value is 0.397. The Balaban J connectivity index is 2.98. The van der Waals surface area contributed by atoms with Gasteiger partial charge in [-0.15, -0.1) is 0 Å². The Bertz CT molecular complexity index is 244. The van der Waals surface area contributed by atoms with Crippen molar-refractivity contribution in [3.8, 4) is 0 Å². The van der Waals surface area contributed by atoms with E-state index in [1.54, 1.807) is 0 Å². The van der Waals surface area contributed by atoms with Crippen LogP contribution in [0.2, 0.25) is 13.1 Å². The van der Waals surface area contributed by atoms with Crippen LogP contribution in [-0.4, -0.2) is 11.4 Å². The summed E-state index contributed by atoms with van der Waals surface area (Å²) in [6.45, 7) is 4.69. The Morgan fingerprint density at radius 3 is 2.00 bits per heavy atom. The molecular formula is C9H12Br2Si. The lowest BCUT2D eigenvalue weighted by molar-refractivity contribution is 1.65. The fourth-order valence-corrected chi connectivity index (χ4v) is 3.88. The number of benzene rings is 1. The van der Waals surface area contributed by atoms with E-state index in [1.807, 2.05) is 0 Å². The second kappa shape index (κ2) is 4.07. The SMILES string of the molecule is C[Si](C)(c1ccccc1)C(Br)Br. The maximum Gasteiger partial charge on any atom is 0.108 e. The maximum absolute atomic E-state index is 3.61. The van der Waals surface area contributed by atoms with E-state index in [2.05, 4.69) is 75.3 Å². The summed E-state index contributed by atoms with van der Waals surface area (Å²) in [6.07, 6.45) is 0. The van der Waals surface area contributed by atoms with Crippen molar-refractivity contribution in [1.82, 2.24) is 0 Å². The molecule has 3 heteroatoms. The van der Waals surface area contributed by atoms with Crippen molar-refractivity contribution >= 4 is 45.1 Å². The summed E-state index contributed by atoms with van der Waals surface area (Å²) >= 11 is 7.22. The molecule has 0 unspecified atom stereocenters. The fourth-order valence-electron chi connectivity index (χ4n) is 0.994. The minimum atomic E-state index is -1.32. The van der Waals surface area contributed by atoms with E-state index in [4.69, 9.17) is 0 Å². The van der Waals surface area contributed by atoms with Crippen LogP contribution in [0.25, 0.3) is 0 Å². The molecule has 0 saturated carbocycles. The average Bonchev–Trinajstić information content (AvgIpc) is 2.06. The topological polar surface area (TPSA) is 0 Å². The first kappa shape index (κ1) is 10.5. The molecule has 0 radical (unpaired) electrons. The largest absolute Gasteiger partial charge is 0.108 e. The van der Waals surface area contributed by atoms with Gasteiger partial charge in [0.05, 0.1) is 3.36 Å². The molecule has 0 spiro atoms. The fraction of sp³-hybridized carbons (Fsp3) is 0.333. The average molecular weight is 308 g/mol. The number of rotatable bonds is 2. The summed E-state index contributed by atoms with van der Waals surface area (Å²) < 4.78 is 0.444. The van der Waals surface area contributed by atoms with E-state index in [0.717, 1.165) is 0 Å². The minimum absolute atomic E-state index is 0.444. The molecule has 0 aliphatic rings. The molecule has 0 nitrogen and oxygen atoms in total. The van der Waals surface area contributed by atoms with Gasteiger partial charge in [-0.3, -0.25) is 0 Å². The van der Waals surface area contributed by atoms with E-state index in [0.29, 0.717) is 3.36 Å². The van der Waals surface area contributed by atoms with Crippen LogP contribution < -0.4 is 5.19 Å². The molecule has 1 aromatic rings. The first-order chi connectivity index (χ1) is 5.55. The molecular weight excluding hydrogens is 296 g/mol. The van der Waals surface area contributed by atoms with Crippen molar-refractivity contribution in [2.45, 2.75) is 16.5 Å². The monoisotopic (exact) mass is 306 g/mol. The third-order valence-electron chi connectivity index (χ3n) is 2.06. The normalized spacial score (nSPS) is 12.1. The van der Waals surface area contributed by atoms with Gasteiger partial charge in [-0.1, -0.05) is 80.5 Å². The molecule has 66 valence electrons. The van der Waals surface area contributed by atoms with Gasteiger partial charge in [0.1, 0.15) is 8.07 Å². The Morgan fingerprint density at radius 2 is 1.58 bits per heavy atom. The highest BCUT2D eigenvalue weighted by atomic mass is 79.9. The quantitative estimate of drug-likeness (QED) is 0.581. The highest BCUT2D eigenvalue weighted by Gasteiger charge is 2.29. The number of alkyl halides is 2. The minimum Gasteiger partial charge on any atom is -0.0798 e. The molecule has 0 aromatic heterocycles. The van der Waals surface area contributed by atoms with Gasteiger partial charge in [0.2, 0.25) is 0 Å². The summed E-state index contributed by atoms with van der Waals surface area (Å²) in [5, 5.41) is 1.48. The Labute approximate surface area is 91.6 Å².